The van der Waals surface area contributed by atoms with Gasteiger partial charge in [0.05, 0.1) is 11.6 Å². The summed E-state index contributed by atoms with van der Waals surface area (Å²) < 4.78 is 5.17. The lowest BCUT2D eigenvalue weighted by molar-refractivity contribution is -0.143. The molecule has 0 radical (unpaired) electrons. The molecule has 0 unspecified atom stereocenters. The first-order valence-corrected chi connectivity index (χ1v) is 9.46. The van der Waals surface area contributed by atoms with E-state index in [1.807, 2.05) is 6.07 Å². The van der Waals surface area contributed by atoms with E-state index in [9.17, 15) is 9.59 Å². The molecule has 2 aromatic heterocycles. The van der Waals surface area contributed by atoms with Crippen LogP contribution in [0.25, 0.3) is 11.1 Å². The highest BCUT2D eigenvalue weighted by Crippen LogP contribution is 2.34. The fourth-order valence-electron chi connectivity index (χ4n) is 3.55. The number of ether oxygens (including phenoxy) is 1. The number of nitrogens with zero attached hydrogens (tertiary/aromatic N) is 4. The zero-order chi connectivity index (χ0) is 19.7. The number of carbonyl (C=O) groups excluding carboxylic acids is 2. The average Bonchev–Trinajstić information content (AvgIpc) is 2.70. The molecular formula is C19H20ClN5O3. The van der Waals surface area contributed by atoms with Gasteiger partial charge in [-0.15, -0.1) is 0 Å². The predicted octanol–water partition coefficient (Wildman–Crippen LogP) is 1.99. The van der Waals surface area contributed by atoms with Crippen LogP contribution >= 0.6 is 11.6 Å². The summed E-state index contributed by atoms with van der Waals surface area (Å²) in [6, 6.07) is 1.47. The minimum atomic E-state index is -0.502. The summed E-state index contributed by atoms with van der Waals surface area (Å²) in [4.78, 5) is 35.6. The predicted molar refractivity (Wildman–Crippen MR) is 104 cm³/mol. The number of carbonyl (C=O) groups is 2. The van der Waals surface area contributed by atoms with Crippen LogP contribution in [-0.4, -0.2) is 53.1 Å². The standard InChI is InChI=1S/C19H20ClN5O3/c20-17-14(10-24-4-5-28-11-16(24)26)7-22-9-15(17)13-6-12-2-1-3-25(19(21)27)18(12)23-8-13/h6-9H,1-5,10-11H2,(H2,21,27). The molecule has 2 aliphatic heterocycles. The van der Waals surface area contributed by atoms with Gasteiger partial charge in [0.1, 0.15) is 12.4 Å². The quantitative estimate of drug-likeness (QED) is 0.847. The van der Waals surface area contributed by atoms with Crippen LogP contribution in [-0.2, 0) is 22.5 Å². The number of anilines is 1. The van der Waals surface area contributed by atoms with E-state index in [-0.39, 0.29) is 12.5 Å². The largest absolute Gasteiger partial charge is 0.370 e. The Morgan fingerprint density at radius 1 is 1.29 bits per heavy atom. The third-order valence-corrected chi connectivity index (χ3v) is 5.45. The van der Waals surface area contributed by atoms with Crippen LogP contribution in [0.1, 0.15) is 17.5 Å². The summed E-state index contributed by atoms with van der Waals surface area (Å²) in [5.74, 6) is 0.538. The van der Waals surface area contributed by atoms with Crippen LogP contribution in [0.2, 0.25) is 5.02 Å². The van der Waals surface area contributed by atoms with Crippen molar-refractivity contribution in [2.75, 3.05) is 31.2 Å². The Labute approximate surface area is 167 Å². The molecule has 3 amide bonds. The third kappa shape index (κ3) is 3.53. The van der Waals surface area contributed by atoms with E-state index in [1.54, 1.807) is 23.5 Å². The minimum Gasteiger partial charge on any atom is -0.370 e. The molecule has 0 aliphatic carbocycles. The fraction of sp³-hybridized carbons (Fsp3) is 0.368. The van der Waals surface area contributed by atoms with E-state index in [2.05, 4.69) is 9.97 Å². The van der Waals surface area contributed by atoms with E-state index in [1.165, 1.54) is 4.90 Å². The number of fused-ring (bicyclic) bond motifs is 1. The molecule has 2 N–H and O–H groups in total. The second kappa shape index (κ2) is 7.73. The molecular weight excluding hydrogens is 382 g/mol. The summed E-state index contributed by atoms with van der Waals surface area (Å²) in [6.07, 6.45) is 6.67. The number of amides is 3. The lowest BCUT2D eigenvalue weighted by atomic mass is 10.0. The van der Waals surface area contributed by atoms with Crippen molar-refractivity contribution in [2.24, 2.45) is 5.73 Å². The Morgan fingerprint density at radius 3 is 2.93 bits per heavy atom. The number of morpholine rings is 1. The van der Waals surface area contributed by atoms with Gasteiger partial charge in [0.15, 0.2) is 0 Å². The number of aryl methyl sites for hydroxylation is 1. The van der Waals surface area contributed by atoms with E-state index in [0.717, 1.165) is 35.1 Å². The van der Waals surface area contributed by atoms with Gasteiger partial charge in [-0.2, -0.15) is 0 Å². The normalized spacial score (nSPS) is 16.8. The Morgan fingerprint density at radius 2 is 2.14 bits per heavy atom. The van der Waals surface area contributed by atoms with Crippen molar-refractivity contribution in [3.8, 4) is 11.1 Å². The number of urea groups is 1. The molecule has 1 saturated heterocycles. The molecule has 9 heteroatoms. The van der Waals surface area contributed by atoms with Gasteiger partial charge in [0.25, 0.3) is 0 Å². The highest BCUT2D eigenvalue weighted by Gasteiger charge is 2.24. The maximum Gasteiger partial charge on any atom is 0.320 e. The molecule has 0 aromatic carbocycles. The number of aromatic nitrogens is 2. The first-order chi connectivity index (χ1) is 13.5. The van der Waals surface area contributed by atoms with Gasteiger partial charge in [-0.1, -0.05) is 11.6 Å². The monoisotopic (exact) mass is 401 g/mol. The molecule has 2 aromatic rings. The molecule has 0 bridgehead atoms. The molecule has 0 saturated carbocycles. The van der Waals surface area contributed by atoms with Crippen molar-refractivity contribution in [3.63, 3.8) is 0 Å². The third-order valence-electron chi connectivity index (χ3n) is 5.00. The molecule has 2 aliphatic rings. The molecule has 0 atom stereocenters. The number of halogens is 1. The van der Waals surface area contributed by atoms with Gasteiger partial charge >= 0.3 is 6.03 Å². The smallest absolute Gasteiger partial charge is 0.320 e. The number of rotatable bonds is 3. The van der Waals surface area contributed by atoms with Crippen LogP contribution in [0.5, 0.6) is 0 Å². The number of nitrogens with two attached hydrogens (primary N) is 1. The summed E-state index contributed by atoms with van der Waals surface area (Å²) in [5, 5.41) is 0.540. The van der Waals surface area contributed by atoms with Crippen LogP contribution in [0.15, 0.2) is 24.7 Å². The van der Waals surface area contributed by atoms with Crippen molar-refractivity contribution in [1.82, 2.24) is 14.9 Å². The highest BCUT2D eigenvalue weighted by atomic mass is 35.5. The zero-order valence-electron chi connectivity index (χ0n) is 15.2. The van der Waals surface area contributed by atoms with Crippen LogP contribution in [0.3, 0.4) is 0 Å². The fourth-order valence-corrected chi connectivity index (χ4v) is 3.81. The van der Waals surface area contributed by atoms with Crippen LogP contribution in [0, 0.1) is 0 Å². The van der Waals surface area contributed by atoms with Crippen LogP contribution in [0.4, 0.5) is 10.6 Å². The molecule has 8 nitrogen and oxygen atoms in total. The molecule has 0 spiro atoms. The molecule has 4 heterocycles. The van der Waals surface area contributed by atoms with Crippen molar-refractivity contribution in [3.05, 3.63) is 40.8 Å². The Kier molecular flexibility index (Phi) is 5.15. The lowest BCUT2D eigenvalue weighted by Gasteiger charge is -2.28. The van der Waals surface area contributed by atoms with Crippen LogP contribution < -0.4 is 10.6 Å². The zero-order valence-corrected chi connectivity index (χ0v) is 16.0. The first kappa shape index (κ1) is 18.6. The Balaban J connectivity index is 1.65. The van der Waals surface area contributed by atoms with E-state index in [4.69, 9.17) is 22.1 Å². The van der Waals surface area contributed by atoms with Gasteiger partial charge in [0.2, 0.25) is 5.91 Å². The minimum absolute atomic E-state index is 0.0605. The lowest BCUT2D eigenvalue weighted by Crippen LogP contribution is -2.41. The van der Waals surface area contributed by atoms with Gasteiger partial charge in [-0.3, -0.25) is 14.7 Å². The number of hydrogen-bond acceptors (Lipinski definition) is 5. The van der Waals surface area contributed by atoms with E-state index >= 15 is 0 Å². The molecule has 1 fully saturated rings. The number of pyridine rings is 2. The second-order valence-corrected chi connectivity index (χ2v) is 7.21. The van der Waals surface area contributed by atoms with Crippen molar-refractivity contribution >= 4 is 29.4 Å². The van der Waals surface area contributed by atoms with Gasteiger partial charge < -0.3 is 15.4 Å². The maximum absolute atomic E-state index is 12.0. The molecule has 4 rings (SSSR count). The second-order valence-electron chi connectivity index (χ2n) is 6.83. The van der Waals surface area contributed by atoms with Gasteiger partial charge in [0, 0.05) is 54.9 Å². The van der Waals surface area contributed by atoms with Crippen molar-refractivity contribution < 1.29 is 14.3 Å². The molecule has 146 valence electrons. The van der Waals surface area contributed by atoms with Gasteiger partial charge in [-0.25, -0.2) is 9.78 Å². The van der Waals surface area contributed by atoms with Crippen molar-refractivity contribution in [2.45, 2.75) is 19.4 Å². The highest BCUT2D eigenvalue weighted by molar-refractivity contribution is 6.34. The molecule has 28 heavy (non-hydrogen) atoms. The van der Waals surface area contributed by atoms with Crippen molar-refractivity contribution in [1.29, 1.82) is 0 Å². The Hall–Kier alpha value is -2.71. The summed E-state index contributed by atoms with van der Waals surface area (Å²) in [5.41, 5.74) is 8.73. The van der Waals surface area contributed by atoms with Gasteiger partial charge in [-0.05, 0) is 24.5 Å². The number of primary amides is 1. The topological polar surface area (TPSA) is 102 Å². The summed E-state index contributed by atoms with van der Waals surface area (Å²) >= 11 is 6.65. The Bertz CT molecular complexity index is 936. The number of hydrogen-bond donors (Lipinski definition) is 1. The summed E-state index contributed by atoms with van der Waals surface area (Å²) in [6.45, 7) is 2.09. The summed E-state index contributed by atoms with van der Waals surface area (Å²) in [7, 11) is 0. The SMILES string of the molecule is NC(=O)N1CCCc2cc(-c3cncc(CN4CCOCC4=O)c3Cl)cnc21. The van der Waals surface area contributed by atoms with E-state index < -0.39 is 6.03 Å². The first-order valence-electron chi connectivity index (χ1n) is 9.08. The average molecular weight is 402 g/mol. The maximum atomic E-state index is 12.0. The van der Waals surface area contributed by atoms with E-state index in [0.29, 0.717) is 37.1 Å².